The molecule has 0 bridgehead atoms. The number of halogens is 2. The molecule has 0 atom stereocenters. The molecular formula is C26H27F2N5O4. The Labute approximate surface area is 212 Å². The molecule has 9 nitrogen and oxygen atoms in total. The molecule has 1 fully saturated rings. The van der Waals surface area contributed by atoms with Crippen LogP contribution in [0.15, 0.2) is 55.1 Å². The Morgan fingerprint density at radius 3 is 2.54 bits per heavy atom. The van der Waals surface area contributed by atoms with Crippen LogP contribution in [0.2, 0.25) is 0 Å². The van der Waals surface area contributed by atoms with E-state index >= 15 is 0 Å². The van der Waals surface area contributed by atoms with Gasteiger partial charge in [0.2, 0.25) is 5.88 Å². The predicted molar refractivity (Wildman–Crippen MR) is 132 cm³/mol. The van der Waals surface area contributed by atoms with E-state index in [1.54, 1.807) is 36.8 Å². The highest BCUT2D eigenvalue weighted by Crippen LogP contribution is 2.32. The van der Waals surface area contributed by atoms with E-state index in [4.69, 9.17) is 9.47 Å². The summed E-state index contributed by atoms with van der Waals surface area (Å²) in [5.74, 6) is 1.75. The number of fused-ring (bicyclic) bond motifs is 1. The summed E-state index contributed by atoms with van der Waals surface area (Å²) in [6, 6.07) is 8.80. The minimum absolute atomic E-state index is 0.0659. The van der Waals surface area contributed by atoms with E-state index in [0.717, 1.165) is 28.0 Å². The van der Waals surface area contributed by atoms with Gasteiger partial charge in [-0.1, -0.05) is 0 Å². The standard InChI is InChI=1S/C26H27F2N5O4/c1-16-9-31-33-14-19(35-15-26(2,3)34)8-21(24(16)33)17-4-6-22(29-10-17)32-12-20(13-32)36-18-5-7-23(30-11-18)37-25(27)28/h4-11,14,20,25,34H,12-13,15H2,1-3H3. The number of anilines is 1. The van der Waals surface area contributed by atoms with Crippen LogP contribution in [0.25, 0.3) is 16.6 Å². The molecule has 37 heavy (non-hydrogen) atoms. The van der Waals surface area contributed by atoms with E-state index in [9.17, 15) is 13.9 Å². The van der Waals surface area contributed by atoms with Gasteiger partial charge in [0.05, 0.1) is 42.8 Å². The minimum atomic E-state index is -2.91. The Morgan fingerprint density at radius 2 is 1.89 bits per heavy atom. The predicted octanol–water partition coefficient (Wildman–Crippen LogP) is 4.12. The summed E-state index contributed by atoms with van der Waals surface area (Å²) >= 11 is 0. The molecule has 5 heterocycles. The number of aliphatic hydroxyl groups is 1. The van der Waals surface area contributed by atoms with Gasteiger partial charge in [0.25, 0.3) is 0 Å². The number of rotatable bonds is 9. The van der Waals surface area contributed by atoms with Crippen molar-refractivity contribution in [2.24, 2.45) is 0 Å². The smallest absolute Gasteiger partial charge is 0.388 e. The lowest BCUT2D eigenvalue weighted by Gasteiger charge is -2.39. The molecule has 1 saturated heterocycles. The van der Waals surface area contributed by atoms with Gasteiger partial charge in [-0.25, -0.2) is 14.5 Å². The second kappa shape index (κ2) is 9.81. The molecule has 1 N–H and O–H groups in total. The molecule has 0 radical (unpaired) electrons. The maximum absolute atomic E-state index is 12.3. The summed E-state index contributed by atoms with van der Waals surface area (Å²) in [4.78, 5) is 10.6. The first kappa shape index (κ1) is 24.7. The summed E-state index contributed by atoms with van der Waals surface area (Å²) < 4.78 is 42.2. The van der Waals surface area contributed by atoms with Crippen LogP contribution in [-0.2, 0) is 0 Å². The van der Waals surface area contributed by atoms with Gasteiger partial charge in [0.15, 0.2) is 0 Å². The fraction of sp³-hybridized carbons (Fsp3) is 0.346. The molecule has 4 aromatic rings. The maximum Gasteiger partial charge on any atom is 0.388 e. The number of nitrogens with zero attached hydrogens (tertiary/aromatic N) is 5. The van der Waals surface area contributed by atoms with Gasteiger partial charge in [-0.15, -0.1) is 0 Å². The minimum Gasteiger partial charge on any atom is -0.489 e. The van der Waals surface area contributed by atoms with Crippen LogP contribution in [0.5, 0.6) is 17.4 Å². The lowest BCUT2D eigenvalue weighted by atomic mass is 10.0. The van der Waals surface area contributed by atoms with Gasteiger partial charge in [0.1, 0.15) is 30.0 Å². The Balaban J connectivity index is 1.26. The molecule has 11 heteroatoms. The fourth-order valence-electron chi connectivity index (χ4n) is 4.03. The normalized spacial score (nSPS) is 14.2. The van der Waals surface area contributed by atoms with Crippen LogP contribution in [0.1, 0.15) is 19.4 Å². The van der Waals surface area contributed by atoms with Crippen LogP contribution in [0.3, 0.4) is 0 Å². The Morgan fingerprint density at radius 1 is 1.08 bits per heavy atom. The third-order valence-corrected chi connectivity index (χ3v) is 5.81. The largest absolute Gasteiger partial charge is 0.489 e. The van der Waals surface area contributed by atoms with Crippen molar-refractivity contribution in [2.75, 3.05) is 24.6 Å². The van der Waals surface area contributed by atoms with Crippen molar-refractivity contribution < 1.29 is 28.1 Å². The first-order valence-corrected chi connectivity index (χ1v) is 11.8. The Bertz CT molecular complexity index is 1360. The average molecular weight is 512 g/mol. The van der Waals surface area contributed by atoms with E-state index in [0.29, 0.717) is 24.6 Å². The second-order valence-electron chi connectivity index (χ2n) is 9.57. The van der Waals surface area contributed by atoms with Gasteiger partial charge in [0, 0.05) is 23.4 Å². The summed E-state index contributed by atoms with van der Waals surface area (Å²) in [5, 5.41) is 14.5. The summed E-state index contributed by atoms with van der Waals surface area (Å²) in [5.41, 5.74) is 2.87. The van der Waals surface area contributed by atoms with Crippen LogP contribution >= 0.6 is 0 Å². The average Bonchev–Trinajstić information content (AvgIpc) is 3.20. The zero-order valence-corrected chi connectivity index (χ0v) is 20.6. The quantitative estimate of drug-likeness (QED) is 0.359. The lowest BCUT2D eigenvalue weighted by Crippen LogP contribution is -2.54. The molecule has 1 aliphatic heterocycles. The lowest BCUT2D eigenvalue weighted by molar-refractivity contribution is -0.0529. The molecule has 0 aromatic carbocycles. The van der Waals surface area contributed by atoms with Crippen molar-refractivity contribution in [3.8, 4) is 28.5 Å². The van der Waals surface area contributed by atoms with E-state index < -0.39 is 12.2 Å². The molecule has 5 rings (SSSR count). The van der Waals surface area contributed by atoms with Crippen LogP contribution < -0.4 is 19.1 Å². The van der Waals surface area contributed by atoms with Crippen molar-refractivity contribution in [3.05, 3.63) is 60.7 Å². The number of pyridine rings is 3. The number of aromatic nitrogens is 4. The highest BCUT2D eigenvalue weighted by molar-refractivity contribution is 5.83. The molecule has 0 spiro atoms. The highest BCUT2D eigenvalue weighted by atomic mass is 19.3. The topological polar surface area (TPSA) is 94.2 Å². The number of hydrogen-bond acceptors (Lipinski definition) is 8. The Hall–Kier alpha value is -3.99. The van der Waals surface area contributed by atoms with Crippen molar-refractivity contribution in [3.63, 3.8) is 0 Å². The number of aryl methyl sites for hydroxylation is 1. The van der Waals surface area contributed by atoms with Gasteiger partial charge in [-0.3, -0.25) is 0 Å². The van der Waals surface area contributed by atoms with Crippen LogP contribution in [0.4, 0.5) is 14.6 Å². The van der Waals surface area contributed by atoms with Gasteiger partial charge < -0.3 is 24.2 Å². The first-order valence-electron chi connectivity index (χ1n) is 11.8. The first-order chi connectivity index (χ1) is 17.6. The molecule has 4 aromatic heterocycles. The number of alkyl halides is 2. The van der Waals surface area contributed by atoms with Gasteiger partial charge in [-0.05, 0) is 50.6 Å². The monoisotopic (exact) mass is 511 g/mol. The van der Waals surface area contributed by atoms with Gasteiger partial charge in [-0.2, -0.15) is 13.9 Å². The van der Waals surface area contributed by atoms with Crippen molar-refractivity contribution >= 4 is 11.3 Å². The zero-order chi connectivity index (χ0) is 26.2. The maximum atomic E-state index is 12.3. The zero-order valence-electron chi connectivity index (χ0n) is 20.6. The molecule has 0 unspecified atom stereocenters. The van der Waals surface area contributed by atoms with Gasteiger partial charge >= 0.3 is 6.61 Å². The van der Waals surface area contributed by atoms with Crippen molar-refractivity contribution in [1.82, 2.24) is 19.6 Å². The third-order valence-electron chi connectivity index (χ3n) is 5.81. The fourth-order valence-corrected chi connectivity index (χ4v) is 4.03. The van der Waals surface area contributed by atoms with E-state index in [1.807, 2.05) is 31.3 Å². The van der Waals surface area contributed by atoms with Crippen molar-refractivity contribution in [1.29, 1.82) is 0 Å². The molecule has 194 valence electrons. The van der Waals surface area contributed by atoms with Crippen molar-refractivity contribution in [2.45, 2.75) is 39.1 Å². The molecule has 1 aliphatic rings. The van der Waals surface area contributed by atoms with Crippen LogP contribution in [0, 0.1) is 6.92 Å². The summed E-state index contributed by atoms with van der Waals surface area (Å²) in [7, 11) is 0. The summed E-state index contributed by atoms with van der Waals surface area (Å²) in [6.07, 6.45) is 6.72. The molecule has 0 amide bonds. The molecule has 0 saturated carbocycles. The van der Waals surface area contributed by atoms with Crippen LogP contribution in [-0.4, -0.2) is 62.7 Å². The number of hydrogen-bond donors (Lipinski definition) is 1. The SMILES string of the molecule is Cc1cnn2cc(OCC(C)(C)O)cc(-c3ccc(N4CC(Oc5ccc(OC(F)F)nc5)C4)nc3)c12. The summed E-state index contributed by atoms with van der Waals surface area (Å²) in [6.45, 7) is 3.89. The number of ether oxygens (including phenoxy) is 3. The second-order valence-corrected chi connectivity index (χ2v) is 9.57. The molecule has 0 aliphatic carbocycles. The van der Waals surface area contributed by atoms with E-state index in [1.165, 1.54) is 12.3 Å². The van der Waals surface area contributed by atoms with E-state index in [-0.39, 0.29) is 18.6 Å². The highest BCUT2D eigenvalue weighted by Gasteiger charge is 2.29. The third kappa shape index (κ3) is 5.72. The molecular weight excluding hydrogens is 484 g/mol. The van der Waals surface area contributed by atoms with E-state index in [2.05, 4.69) is 24.7 Å². The Kier molecular flexibility index (Phi) is 6.55.